The molecule has 3 N–H and O–H groups in total. The van der Waals surface area contributed by atoms with Gasteiger partial charge in [0.1, 0.15) is 24.0 Å². The average molecular weight is 655 g/mol. The maximum absolute atomic E-state index is 13.5. The lowest BCUT2D eigenvalue weighted by Gasteiger charge is -2.29. The van der Waals surface area contributed by atoms with E-state index in [4.69, 9.17) is 25.8 Å². The summed E-state index contributed by atoms with van der Waals surface area (Å²) in [6.45, 7) is 8.84. The molecule has 2 aromatic rings. The number of esters is 2. The lowest BCUT2D eigenvalue weighted by Crippen LogP contribution is -2.51. The van der Waals surface area contributed by atoms with Crippen LogP contribution in [0.4, 0.5) is 0 Å². The molecule has 0 spiro atoms. The number of benzene rings is 2. The molecular formula is C35H43ClN2O8. The van der Waals surface area contributed by atoms with Crippen molar-refractivity contribution in [3.05, 3.63) is 76.8 Å². The van der Waals surface area contributed by atoms with Crippen LogP contribution in [0.1, 0.15) is 64.7 Å². The lowest BCUT2D eigenvalue weighted by atomic mass is 9.92. The van der Waals surface area contributed by atoms with Gasteiger partial charge in [-0.1, -0.05) is 74.8 Å². The van der Waals surface area contributed by atoms with Crippen molar-refractivity contribution in [2.45, 2.75) is 84.3 Å². The van der Waals surface area contributed by atoms with Gasteiger partial charge in [-0.2, -0.15) is 0 Å². The summed E-state index contributed by atoms with van der Waals surface area (Å²) in [5.74, 6) is -2.75. The minimum absolute atomic E-state index is 0.0154. The molecule has 2 amide bonds. The highest BCUT2D eigenvalue weighted by atomic mass is 35.5. The Hall–Kier alpha value is -3.89. The molecule has 2 aromatic carbocycles. The molecule has 2 aliphatic heterocycles. The van der Waals surface area contributed by atoms with E-state index in [1.807, 2.05) is 51.1 Å². The maximum Gasteiger partial charge on any atom is 0.347 e. The van der Waals surface area contributed by atoms with E-state index in [9.17, 15) is 24.3 Å². The maximum atomic E-state index is 13.5. The van der Waals surface area contributed by atoms with Gasteiger partial charge >= 0.3 is 11.9 Å². The molecule has 1 saturated heterocycles. The summed E-state index contributed by atoms with van der Waals surface area (Å²) in [6, 6.07) is 13.3. The van der Waals surface area contributed by atoms with Gasteiger partial charge in [0.2, 0.25) is 11.8 Å². The van der Waals surface area contributed by atoms with Crippen LogP contribution in [-0.2, 0) is 39.8 Å². The molecule has 2 heterocycles. The molecule has 0 saturated carbocycles. The van der Waals surface area contributed by atoms with Gasteiger partial charge in [0.25, 0.3) is 0 Å². The molecule has 6 atom stereocenters. The number of halogens is 1. The number of ether oxygens (including phenoxy) is 3. The average Bonchev–Trinajstić information content (AvgIpc) is 3.81. The summed E-state index contributed by atoms with van der Waals surface area (Å²) in [7, 11) is 0. The van der Waals surface area contributed by atoms with Crippen LogP contribution in [0.2, 0.25) is 5.02 Å². The highest BCUT2D eigenvalue weighted by Gasteiger charge is 2.48. The minimum Gasteiger partial charge on any atom is -0.506 e. The standard InChI is InChI=1S/C35H43ClN2O8/c1-20(2)16-28-33(42)44-27(21(3)30-31(46-30)23-10-7-6-8-11-23)12-9-13-29(40)38-25(18-22-14-15-26(39)24(36)17-22)32(41)37-19-35(4,5)34(43)45-28/h6-11,13-15,17,20-21,25,27-28,30-31,39H,12,16,18-19H2,1-5H3,(H,37,41)(H,38,40)/b13-9+/t21-,25?,27?,28-,30+,31-/m0/s1. The molecule has 1 fully saturated rings. The number of carbonyl (C=O) groups excluding carboxylic acids is 4. The monoisotopic (exact) mass is 654 g/mol. The Kier molecular flexibility index (Phi) is 11.5. The number of rotatable bonds is 7. The Morgan fingerprint density at radius 1 is 1.02 bits per heavy atom. The molecular weight excluding hydrogens is 612 g/mol. The Morgan fingerprint density at radius 3 is 2.41 bits per heavy atom. The number of carbonyl (C=O) groups is 4. The van der Waals surface area contributed by atoms with Crippen molar-refractivity contribution >= 4 is 35.4 Å². The SMILES string of the molecule is CC(C)C[C@@H]1OC(=O)C(C)(C)CNC(=O)C(Cc2ccc(O)c(Cl)c2)NC(=O)/C=C/CC([C@H](C)[C@H]2O[C@H]2c2ccccc2)OC1=O. The second-order valence-corrected chi connectivity index (χ2v) is 13.5. The van der Waals surface area contributed by atoms with Crippen LogP contribution in [0, 0.1) is 17.3 Å². The number of aromatic hydroxyl groups is 1. The fraction of sp³-hybridized carbons (Fsp3) is 0.486. The summed E-state index contributed by atoms with van der Waals surface area (Å²) in [6.07, 6.45) is 1.18. The van der Waals surface area contributed by atoms with Gasteiger partial charge in [0.15, 0.2) is 6.10 Å². The van der Waals surface area contributed by atoms with Crippen LogP contribution in [0.5, 0.6) is 5.75 Å². The van der Waals surface area contributed by atoms with E-state index in [1.54, 1.807) is 26.0 Å². The van der Waals surface area contributed by atoms with Crippen molar-refractivity contribution in [2.75, 3.05) is 6.54 Å². The van der Waals surface area contributed by atoms with Crippen molar-refractivity contribution in [3.8, 4) is 5.75 Å². The number of phenolic OH excluding ortho intramolecular Hbond substituents is 1. The first kappa shape index (κ1) is 35.0. The second kappa shape index (κ2) is 15.1. The smallest absolute Gasteiger partial charge is 0.347 e. The number of nitrogens with one attached hydrogen (secondary N) is 2. The summed E-state index contributed by atoms with van der Waals surface area (Å²) < 4.78 is 17.8. The third kappa shape index (κ3) is 9.33. The first-order chi connectivity index (χ1) is 21.7. The lowest BCUT2D eigenvalue weighted by molar-refractivity contribution is -0.179. The van der Waals surface area contributed by atoms with Crippen LogP contribution in [-0.4, -0.2) is 59.8 Å². The van der Waals surface area contributed by atoms with Crippen molar-refractivity contribution in [1.29, 1.82) is 0 Å². The summed E-state index contributed by atoms with van der Waals surface area (Å²) in [5, 5.41) is 15.4. The number of amides is 2. The normalized spacial score (nSPS) is 27.2. The Bertz CT molecular complexity index is 1440. The minimum atomic E-state index is -1.21. The van der Waals surface area contributed by atoms with Crippen LogP contribution in [0.25, 0.3) is 0 Å². The molecule has 248 valence electrons. The van der Waals surface area contributed by atoms with E-state index >= 15 is 0 Å². The first-order valence-electron chi connectivity index (χ1n) is 15.6. The van der Waals surface area contributed by atoms with Crippen LogP contribution in [0.3, 0.4) is 0 Å². The highest BCUT2D eigenvalue weighted by molar-refractivity contribution is 6.32. The predicted octanol–water partition coefficient (Wildman–Crippen LogP) is 4.82. The van der Waals surface area contributed by atoms with Crippen molar-refractivity contribution in [2.24, 2.45) is 17.3 Å². The van der Waals surface area contributed by atoms with Gasteiger partial charge in [-0.15, -0.1) is 0 Å². The predicted molar refractivity (Wildman–Crippen MR) is 172 cm³/mol. The summed E-state index contributed by atoms with van der Waals surface area (Å²) >= 11 is 6.08. The van der Waals surface area contributed by atoms with E-state index in [-0.39, 0.29) is 60.6 Å². The molecule has 0 aliphatic carbocycles. The first-order valence-corrected chi connectivity index (χ1v) is 16.0. The number of cyclic esters (lactones) is 2. The second-order valence-electron chi connectivity index (χ2n) is 13.1. The number of hydrogen-bond acceptors (Lipinski definition) is 8. The molecule has 0 aromatic heterocycles. The molecule has 0 radical (unpaired) electrons. The molecule has 2 aliphatic rings. The largest absolute Gasteiger partial charge is 0.506 e. The van der Waals surface area contributed by atoms with Gasteiger partial charge in [-0.3, -0.25) is 14.4 Å². The summed E-state index contributed by atoms with van der Waals surface area (Å²) in [5.41, 5.74) is 0.410. The zero-order chi connectivity index (χ0) is 33.6. The zero-order valence-electron chi connectivity index (χ0n) is 26.8. The Morgan fingerprint density at radius 2 is 1.74 bits per heavy atom. The summed E-state index contributed by atoms with van der Waals surface area (Å²) in [4.78, 5) is 53.4. The van der Waals surface area contributed by atoms with Crippen molar-refractivity contribution < 1.29 is 38.5 Å². The Balaban J connectivity index is 1.61. The Labute approximate surface area is 274 Å². The third-order valence-electron chi connectivity index (χ3n) is 8.20. The molecule has 10 nitrogen and oxygen atoms in total. The topological polar surface area (TPSA) is 144 Å². The van der Waals surface area contributed by atoms with Crippen LogP contribution >= 0.6 is 11.6 Å². The van der Waals surface area contributed by atoms with Gasteiger partial charge in [0, 0.05) is 25.3 Å². The molecule has 0 bridgehead atoms. The fourth-order valence-electron chi connectivity index (χ4n) is 5.31. The number of phenols is 1. The van der Waals surface area contributed by atoms with Crippen molar-refractivity contribution in [3.63, 3.8) is 0 Å². The zero-order valence-corrected chi connectivity index (χ0v) is 27.6. The molecule has 4 rings (SSSR count). The van der Waals surface area contributed by atoms with Crippen molar-refractivity contribution in [1.82, 2.24) is 10.6 Å². The fourth-order valence-corrected chi connectivity index (χ4v) is 5.51. The molecule has 2 unspecified atom stereocenters. The van der Waals surface area contributed by atoms with E-state index < -0.39 is 47.4 Å². The molecule has 11 heteroatoms. The van der Waals surface area contributed by atoms with E-state index in [0.717, 1.165) is 5.56 Å². The van der Waals surface area contributed by atoms with Gasteiger partial charge in [0.05, 0.1) is 16.5 Å². The highest BCUT2D eigenvalue weighted by Crippen LogP contribution is 2.45. The van der Waals surface area contributed by atoms with Crippen LogP contribution in [0.15, 0.2) is 60.7 Å². The third-order valence-corrected chi connectivity index (χ3v) is 8.51. The van der Waals surface area contributed by atoms with E-state index in [1.165, 1.54) is 18.2 Å². The van der Waals surface area contributed by atoms with Gasteiger partial charge in [-0.05, 0) is 55.5 Å². The van der Waals surface area contributed by atoms with Gasteiger partial charge in [-0.25, -0.2) is 4.79 Å². The van der Waals surface area contributed by atoms with Crippen LogP contribution < -0.4 is 10.6 Å². The van der Waals surface area contributed by atoms with E-state index in [2.05, 4.69) is 10.6 Å². The number of hydrogen-bond donors (Lipinski definition) is 3. The molecule has 46 heavy (non-hydrogen) atoms. The quantitative estimate of drug-likeness (QED) is 0.285. The number of epoxide rings is 1. The van der Waals surface area contributed by atoms with Gasteiger partial charge < -0.3 is 30.0 Å². The van der Waals surface area contributed by atoms with E-state index in [0.29, 0.717) is 5.56 Å².